The lowest BCUT2D eigenvalue weighted by Crippen LogP contribution is -2.62. The number of hydrogen-bond acceptors (Lipinski definition) is 3. The molecule has 0 saturated heterocycles. The second kappa shape index (κ2) is 4.53. The number of carboxylic acids is 1. The van der Waals surface area contributed by atoms with Crippen molar-refractivity contribution in [3.8, 4) is 0 Å². The minimum Gasteiger partial charge on any atom is -0.481 e. The van der Waals surface area contributed by atoms with Crippen LogP contribution in [0.1, 0.15) is 47.0 Å². The first-order chi connectivity index (χ1) is 8.09. The van der Waals surface area contributed by atoms with E-state index in [-0.39, 0.29) is 5.91 Å². The lowest BCUT2D eigenvalue weighted by atomic mass is 9.66. The van der Waals surface area contributed by atoms with E-state index in [0.29, 0.717) is 6.54 Å². The van der Waals surface area contributed by atoms with Crippen LogP contribution in [0.5, 0.6) is 0 Å². The topological polar surface area (TPSA) is 92.4 Å². The zero-order chi connectivity index (χ0) is 14.2. The normalized spacial score (nSPS) is 18.9. The van der Waals surface area contributed by atoms with Gasteiger partial charge in [-0.2, -0.15) is 0 Å². The lowest BCUT2D eigenvalue weighted by Gasteiger charge is -2.45. The number of hydrogen-bond donors (Lipinski definition) is 3. The van der Waals surface area contributed by atoms with Crippen LogP contribution in [0.4, 0.5) is 0 Å². The zero-order valence-corrected chi connectivity index (χ0v) is 11.7. The predicted octanol–water partition coefficient (Wildman–Crippen LogP) is 1.12. The second-order valence-corrected chi connectivity index (χ2v) is 6.35. The van der Waals surface area contributed by atoms with Crippen LogP contribution in [0.3, 0.4) is 0 Å². The molecule has 0 heterocycles. The highest BCUT2D eigenvalue weighted by molar-refractivity contribution is 5.86. The Kier molecular flexibility index (Phi) is 3.77. The number of carbonyl (C=O) groups excluding carboxylic acids is 1. The number of nitrogens with one attached hydrogen (secondary N) is 1. The van der Waals surface area contributed by atoms with Crippen molar-refractivity contribution in [3.05, 3.63) is 0 Å². The largest absolute Gasteiger partial charge is 0.481 e. The molecule has 1 amide bonds. The lowest BCUT2D eigenvalue weighted by molar-refractivity contribution is -0.153. The highest BCUT2D eigenvalue weighted by atomic mass is 16.4. The van der Waals surface area contributed by atoms with Crippen LogP contribution in [0.25, 0.3) is 0 Å². The van der Waals surface area contributed by atoms with Gasteiger partial charge in [-0.05, 0) is 40.5 Å². The molecule has 0 aliphatic heterocycles. The smallest absolute Gasteiger partial charge is 0.311 e. The molecule has 1 aliphatic rings. The second-order valence-electron chi connectivity index (χ2n) is 6.35. The molecule has 1 saturated carbocycles. The number of nitrogens with two attached hydrogens (primary N) is 1. The third-order valence-electron chi connectivity index (χ3n) is 4.71. The molecular formula is C13H24N2O3. The van der Waals surface area contributed by atoms with E-state index in [9.17, 15) is 14.7 Å². The first-order valence-corrected chi connectivity index (χ1v) is 6.35. The SMILES string of the molecule is CC(C)(NC(=O)C1(CN)CCC1)C(C)(C)C(=O)O. The molecule has 1 aliphatic carbocycles. The van der Waals surface area contributed by atoms with Crippen molar-refractivity contribution < 1.29 is 14.7 Å². The van der Waals surface area contributed by atoms with Crippen LogP contribution >= 0.6 is 0 Å². The van der Waals surface area contributed by atoms with Gasteiger partial charge < -0.3 is 16.2 Å². The number of carbonyl (C=O) groups is 2. The van der Waals surface area contributed by atoms with E-state index in [0.717, 1.165) is 19.3 Å². The monoisotopic (exact) mass is 256 g/mol. The van der Waals surface area contributed by atoms with E-state index < -0.39 is 22.3 Å². The van der Waals surface area contributed by atoms with Crippen molar-refractivity contribution in [2.45, 2.75) is 52.5 Å². The molecule has 0 bridgehead atoms. The Labute approximate surface area is 108 Å². The Hall–Kier alpha value is -1.10. The highest BCUT2D eigenvalue weighted by Crippen LogP contribution is 2.41. The van der Waals surface area contributed by atoms with E-state index in [2.05, 4.69) is 5.32 Å². The standard InChI is InChI=1S/C13H24N2O3/c1-11(2,10(17)18)12(3,4)15-9(16)13(8-14)6-5-7-13/h5-8,14H2,1-4H3,(H,15,16)(H,17,18). The summed E-state index contributed by atoms with van der Waals surface area (Å²) in [5.41, 5.74) is 3.33. The fourth-order valence-corrected chi connectivity index (χ4v) is 1.97. The van der Waals surface area contributed by atoms with Gasteiger partial charge in [0.15, 0.2) is 0 Å². The Morgan fingerprint density at radius 3 is 2.06 bits per heavy atom. The summed E-state index contributed by atoms with van der Waals surface area (Å²) in [4.78, 5) is 23.6. The number of rotatable bonds is 5. The van der Waals surface area contributed by atoms with Crippen molar-refractivity contribution in [2.75, 3.05) is 6.54 Å². The third kappa shape index (κ3) is 2.23. The molecule has 0 aromatic heterocycles. The quantitative estimate of drug-likeness (QED) is 0.687. The Bertz CT molecular complexity index is 352. The highest BCUT2D eigenvalue weighted by Gasteiger charge is 2.49. The summed E-state index contributed by atoms with van der Waals surface area (Å²) < 4.78 is 0. The molecule has 104 valence electrons. The molecule has 1 rings (SSSR count). The van der Waals surface area contributed by atoms with Gasteiger partial charge in [-0.15, -0.1) is 0 Å². The van der Waals surface area contributed by atoms with E-state index >= 15 is 0 Å². The van der Waals surface area contributed by atoms with Crippen molar-refractivity contribution in [2.24, 2.45) is 16.6 Å². The maximum absolute atomic E-state index is 12.3. The first-order valence-electron chi connectivity index (χ1n) is 6.35. The molecule has 0 aromatic rings. The summed E-state index contributed by atoms with van der Waals surface area (Å²) in [5.74, 6) is -1.04. The number of aliphatic carboxylic acids is 1. The van der Waals surface area contributed by atoms with Crippen LogP contribution in [-0.4, -0.2) is 29.1 Å². The van der Waals surface area contributed by atoms with E-state index in [1.54, 1.807) is 27.7 Å². The molecule has 5 nitrogen and oxygen atoms in total. The van der Waals surface area contributed by atoms with Gasteiger partial charge in [0.2, 0.25) is 5.91 Å². The van der Waals surface area contributed by atoms with Gasteiger partial charge in [-0.3, -0.25) is 9.59 Å². The van der Waals surface area contributed by atoms with Gasteiger partial charge in [0.1, 0.15) is 0 Å². The molecule has 1 fully saturated rings. The summed E-state index contributed by atoms with van der Waals surface area (Å²) >= 11 is 0. The van der Waals surface area contributed by atoms with Gasteiger partial charge in [0.25, 0.3) is 0 Å². The Morgan fingerprint density at radius 1 is 1.28 bits per heavy atom. The molecule has 0 spiro atoms. The zero-order valence-electron chi connectivity index (χ0n) is 11.7. The molecule has 18 heavy (non-hydrogen) atoms. The molecule has 4 N–H and O–H groups in total. The van der Waals surface area contributed by atoms with Gasteiger partial charge in [0.05, 0.1) is 10.8 Å². The molecular weight excluding hydrogens is 232 g/mol. The molecule has 0 aromatic carbocycles. The molecule has 0 atom stereocenters. The van der Waals surface area contributed by atoms with Crippen molar-refractivity contribution in [1.29, 1.82) is 0 Å². The maximum atomic E-state index is 12.3. The fourth-order valence-electron chi connectivity index (χ4n) is 1.97. The minimum absolute atomic E-state index is 0.115. The van der Waals surface area contributed by atoms with Crippen LogP contribution < -0.4 is 11.1 Å². The minimum atomic E-state index is -1.04. The summed E-state index contributed by atoms with van der Waals surface area (Å²) in [7, 11) is 0. The van der Waals surface area contributed by atoms with Crippen LogP contribution in [0.15, 0.2) is 0 Å². The molecule has 0 unspecified atom stereocenters. The summed E-state index contributed by atoms with van der Waals surface area (Å²) in [6.07, 6.45) is 2.59. The van der Waals surface area contributed by atoms with Crippen molar-refractivity contribution >= 4 is 11.9 Å². The van der Waals surface area contributed by atoms with E-state index in [1.165, 1.54) is 0 Å². The average molecular weight is 256 g/mol. The van der Waals surface area contributed by atoms with Gasteiger partial charge >= 0.3 is 5.97 Å². The summed E-state index contributed by atoms with van der Waals surface area (Å²) in [6, 6.07) is 0. The fraction of sp³-hybridized carbons (Fsp3) is 0.846. The van der Waals surface area contributed by atoms with Gasteiger partial charge in [0, 0.05) is 12.1 Å². The number of carboxylic acid groups (broad SMARTS) is 1. The third-order valence-corrected chi connectivity index (χ3v) is 4.71. The summed E-state index contributed by atoms with van der Waals surface area (Å²) in [6.45, 7) is 7.03. The predicted molar refractivity (Wildman–Crippen MR) is 69.0 cm³/mol. The molecule has 0 radical (unpaired) electrons. The molecule has 5 heteroatoms. The van der Waals surface area contributed by atoms with Crippen molar-refractivity contribution in [3.63, 3.8) is 0 Å². The maximum Gasteiger partial charge on any atom is 0.311 e. The van der Waals surface area contributed by atoms with Gasteiger partial charge in [-0.25, -0.2) is 0 Å². The van der Waals surface area contributed by atoms with E-state index in [4.69, 9.17) is 5.73 Å². The van der Waals surface area contributed by atoms with Crippen LogP contribution in [0.2, 0.25) is 0 Å². The van der Waals surface area contributed by atoms with Crippen LogP contribution in [-0.2, 0) is 9.59 Å². The number of amides is 1. The van der Waals surface area contributed by atoms with Crippen LogP contribution in [0, 0.1) is 10.8 Å². The Morgan fingerprint density at radius 2 is 1.78 bits per heavy atom. The average Bonchev–Trinajstić information content (AvgIpc) is 2.15. The first kappa shape index (κ1) is 15.0. The van der Waals surface area contributed by atoms with Gasteiger partial charge in [-0.1, -0.05) is 6.42 Å². The van der Waals surface area contributed by atoms with Crippen molar-refractivity contribution in [1.82, 2.24) is 5.32 Å². The summed E-state index contributed by atoms with van der Waals surface area (Å²) in [5, 5.41) is 12.1. The van der Waals surface area contributed by atoms with E-state index in [1.807, 2.05) is 0 Å². The Balaban J connectivity index is 2.83.